The van der Waals surface area contributed by atoms with E-state index in [1.807, 2.05) is 0 Å². The predicted molar refractivity (Wildman–Crippen MR) is 102 cm³/mol. The summed E-state index contributed by atoms with van der Waals surface area (Å²) in [5, 5.41) is 6.59. The van der Waals surface area contributed by atoms with Crippen LogP contribution in [0.25, 0.3) is 5.69 Å². The molecule has 0 unspecified atom stereocenters. The van der Waals surface area contributed by atoms with Gasteiger partial charge in [-0.3, -0.25) is 9.78 Å². The minimum atomic E-state index is -4.43. The molecule has 156 valence electrons. The Morgan fingerprint density at radius 3 is 2.17 bits per heavy atom. The van der Waals surface area contributed by atoms with Crippen LogP contribution in [-0.4, -0.2) is 33.2 Å². The van der Waals surface area contributed by atoms with Gasteiger partial charge in [-0.25, -0.2) is 14.5 Å². The Hall–Kier alpha value is -3.60. The van der Waals surface area contributed by atoms with Crippen LogP contribution in [0.2, 0.25) is 5.02 Å². The molecule has 2 N–H and O–H groups in total. The molecule has 0 saturated carbocycles. The van der Waals surface area contributed by atoms with Gasteiger partial charge >= 0.3 is 17.9 Å². The highest BCUT2D eigenvalue weighted by Crippen LogP contribution is 2.30. The van der Waals surface area contributed by atoms with E-state index < -0.39 is 23.7 Å². The van der Waals surface area contributed by atoms with Crippen molar-refractivity contribution < 1.29 is 22.8 Å². The van der Waals surface area contributed by atoms with Gasteiger partial charge in [0.1, 0.15) is 6.33 Å². The quantitative estimate of drug-likeness (QED) is 0.599. The third kappa shape index (κ3) is 4.51. The van der Waals surface area contributed by atoms with Gasteiger partial charge in [0.25, 0.3) is 5.91 Å². The molecule has 1 saturated heterocycles. The Balaban J connectivity index is 0.000000177. The van der Waals surface area contributed by atoms with Crippen molar-refractivity contribution in [3.8, 4) is 5.69 Å². The standard InChI is InChI=1S/C10H7F3N2O2.C8H6ClN3O/c11-10(12,13)6-1-3-7(4-2-6)15-8(16)5-14-9(15)17;9-6-3-1-2-4-7(6)12-8(13)10-5-11-12/h1-4H,5H2,(H,14,17);1-5H,(H,10,11,13). The lowest BCUT2D eigenvalue weighted by Crippen LogP contribution is -2.30. The average molecular weight is 440 g/mol. The summed E-state index contributed by atoms with van der Waals surface area (Å²) >= 11 is 5.87. The number of alkyl halides is 3. The molecule has 4 rings (SSSR count). The fourth-order valence-corrected chi connectivity index (χ4v) is 2.75. The first-order valence-corrected chi connectivity index (χ1v) is 8.72. The highest BCUT2D eigenvalue weighted by molar-refractivity contribution is 6.32. The number of benzene rings is 2. The van der Waals surface area contributed by atoms with Crippen LogP contribution in [0.5, 0.6) is 0 Å². The number of aromatic amines is 1. The van der Waals surface area contributed by atoms with Gasteiger partial charge in [0.05, 0.1) is 28.5 Å². The molecule has 30 heavy (non-hydrogen) atoms. The number of carbonyl (C=O) groups excluding carboxylic acids is 2. The molecule has 3 aromatic rings. The maximum atomic E-state index is 12.3. The van der Waals surface area contributed by atoms with E-state index in [2.05, 4.69) is 15.4 Å². The Morgan fingerprint density at radius 2 is 1.67 bits per heavy atom. The summed E-state index contributed by atoms with van der Waals surface area (Å²) in [5.74, 6) is -0.491. The number of hydrogen-bond acceptors (Lipinski definition) is 4. The fraction of sp³-hybridized carbons (Fsp3) is 0.111. The Bertz CT molecular complexity index is 1110. The average Bonchev–Trinajstić information content (AvgIpc) is 3.27. The first kappa shape index (κ1) is 21.1. The molecule has 8 nitrogen and oxygen atoms in total. The lowest BCUT2D eigenvalue weighted by molar-refractivity contribution is -0.137. The van der Waals surface area contributed by atoms with Crippen LogP contribution in [0.1, 0.15) is 5.56 Å². The van der Waals surface area contributed by atoms with E-state index in [-0.39, 0.29) is 17.9 Å². The Labute approximate surface area is 171 Å². The molecule has 0 spiro atoms. The molecule has 1 aliphatic heterocycles. The van der Waals surface area contributed by atoms with Crippen molar-refractivity contribution in [1.82, 2.24) is 20.1 Å². The summed E-state index contributed by atoms with van der Waals surface area (Å²) in [7, 11) is 0. The lowest BCUT2D eigenvalue weighted by atomic mass is 10.2. The molecule has 1 aliphatic rings. The molecule has 2 heterocycles. The van der Waals surface area contributed by atoms with Gasteiger partial charge < -0.3 is 5.32 Å². The summed E-state index contributed by atoms with van der Waals surface area (Å²) in [6.07, 6.45) is -3.11. The molecule has 0 radical (unpaired) electrons. The molecule has 0 aliphatic carbocycles. The number of amides is 3. The van der Waals surface area contributed by atoms with Crippen LogP contribution in [0, 0.1) is 0 Å². The van der Waals surface area contributed by atoms with E-state index in [1.54, 1.807) is 24.3 Å². The van der Waals surface area contributed by atoms with Gasteiger partial charge in [-0.2, -0.15) is 23.0 Å². The van der Waals surface area contributed by atoms with E-state index in [9.17, 15) is 27.6 Å². The minimum absolute atomic E-state index is 0.123. The van der Waals surface area contributed by atoms with Crippen molar-refractivity contribution >= 4 is 29.2 Å². The fourth-order valence-electron chi connectivity index (χ4n) is 2.53. The number of imide groups is 1. The molecular formula is C18H13ClF3N5O3. The van der Waals surface area contributed by atoms with E-state index in [0.717, 1.165) is 29.2 Å². The smallest absolute Gasteiger partial charge is 0.328 e. The van der Waals surface area contributed by atoms with Gasteiger partial charge in [0.2, 0.25) is 0 Å². The number of H-pyrrole nitrogens is 1. The van der Waals surface area contributed by atoms with E-state index in [1.165, 1.54) is 11.0 Å². The molecule has 0 bridgehead atoms. The number of aromatic nitrogens is 3. The van der Waals surface area contributed by atoms with Gasteiger partial charge in [-0.1, -0.05) is 23.7 Å². The van der Waals surface area contributed by atoms with Crippen molar-refractivity contribution in [2.75, 3.05) is 11.4 Å². The van der Waals surface area contributed by atoms with E-state index >= 15 is 0 Å². The zero-order valence-corrected chi connectivity index (χ0v) is 15.7. The Kier molecular flexibility index (Phi) is 5.92. The van der Waals surface area contributed by atoms with Gasteiger partial charge in [-0.15, -0.1) is 0 Å². The van der Waals surface area contributed by atoms with Crippen molar-refractivity contribution in [3.05, 3.63) is 75.9 Å². The third-order valence-electron chi connectivity index (χ3n) is 3.93. The number of nitrogens with one attached hydrogen (secondary N) is 2. The summed E-state index contributed by atoms with van der Waals surface area (Å²) in [6, 6.07) is 10.2. The monoisotopic (exact) mass is 439 g/mol. The van der Waals surface area contributed by atoms with Gasteiger partial charge in [0.15, 0.2) is 0 Å². The van der Waals surface area contributed by atoms with Crippen LogP contribution in [0.15, 0.2) is 59.7 Å². The van der Waals surface area contributed by atoms with Crippen LogP contribution in [-0.2, 0) is 11.0 Å². The van der Waals surface area contributed by atoms with E-state index in [0.29, 0.717) is 10.7 Å². The van der Waals surface area contributed by atoms with Crippen LogP contribution < -0.4 is 15.9 Å². The molecule has 3 amide bonds. The normalized spacial score (nSPS) is 13.7. The second-order valence-corrected chi connectivity index (χ2v) is 6.30. The second-order valence-electron chi connectivity index (χ2n) is 5.89. The zero-order valence-electron chi connectivity index (χ0n) is 15.0. The number of nitrogens with zero attached hydrogens (tertiary/aromatic N) is 3. The van der Waals surface area contributed by atoms with Crippen molar-refractivity contribution in [2.24, 2.45) is 0 Å². The van der Waals surface area contributed by atoms with Crippen LogP contribution in [0.3, 0.4) is 0 Å². The number of urea groups is 1. The van der Waals surface area contributed by atoms with Crippen LogP contribution >= 0.6 is 11.6 Å². The first-order valence-electron chi connectivity index (χ1n) is 8.34. The minimum Gasteiger partial charge on any atom is -0.328 e. The predicted octanol–water partition coefficient (Wildman–Crippen LogP) is 2.98. The molecule has 2 aromatic carbocycles. The molecular weight excluding hydrogens is 427 g/mol. The first-order chi connectivity index (χ1) is 14.2. The van der Waals surface area contributed by atoms with Crippen molar-refractivity contribution in [2.45, 2.75) is 6.18 Å². The zero-order chi connectivity index (χ0) is 21.9. The highest BCUT2D eigenvalue weighted by atomic mass is 35.5. The Morgan fingerprint density at radius 1 is 1.00 bits per heavy atom. The maximum absolute atomic E-state index is 12.3. The largest absolute Gasteiger partial charge is 0.416 e. The van der Waals surface area contributed by atoms with E-state index in [4.69, 9.17) is 11.6 Å². The summed E-state index contributed by atoms with van der Waals surface area (Å²) in [4.78, 5) is 36.9. The molecule has 1 aromatic heterocycles. The summed E-state index contributed by atoms with van der Waals surface area (Å²) < 4.78 is 38.1. The molecule has 0 atom stereocenters. The summed E-state index contributed by atoms with van der Waals surface area (Å²) in [5.41, 5.74) is -0.421. The topological polar surface area (TPSA) is 100 Å². The maximum Gasteiger partial charge on any atom is 0.416 e. The number of carbonyl (C=O) groups is 2. The highest BCUT2D eigenvalue weighted by Gasteiger charge is 2.33. The molecule has 1 fully saturated rings. The molecule has 12 heteroatoms. The number of halogens is 4. The number of para-hydroxylation sites is 1. The van der Waals surface area contributed by atoms with Crippen molar-refractivity contribution in [1.29, 1.82) is 0 Å². The number of rotatable bonds is 2. The third-order valence-corrected chi connectivity index (χ3v) is 4.25. The SMILES string of the molecule is O=C1CNC(=O)N1c1ccc(C(F)(F)F)cc1.O=c1[nH]cnn1-c1ccccc1Cl. The lowest BCUT2D eigenvalue weighted by Gasteiger charge is -2.13. The van der Waals surface area contributed by atoms with Crippen LogP contribution in [0.4, 0.5) is 23.7 Å². The second kappa shape index (κ2) is 8.41. The van der Waals surface area contributed by atoms with Gasteiger partial charge in [0, 0.05) is 0 Å². The van der Waals surface area contributed by atoms with Gasteiger partial charge in [-0.05, 0) is 36.4 Å². The number of anilines is 1. The van der Waals surface area contributed by atoms with Crippen molar-refractivity contribution in [3.63, 3.8) is 0 Å². The number of hydrogen-bond donors (Lipinski definition) is 2. The summed E-state index contributed by atoms with van der Waals surface area (Å²) in [6.45, 7) is -0.139.